The molecular weight excluding hydrogens is 290 g/mol. The monoisotopic (exact) mass is 311 g/mol. The van der Waals surface area contributed by atoms with Crippen molar-refractivity contribution in [2.24, 2.45) is 5.73 Å². The third-order valence-electron chi connectivity index (χ3n) is 2.74. The largest absolute Gasteiger partial charge is 0.492 e. The van der Waals surface area contributed by atoms with Gasteiger partial charge in [0.05, 0.1) is 11.1 Å². The molecule has 2 nitrogen and oxygen atoms in total. The number of hydrogen-bond donors (Lipinski definition) is 1. The SMILES string of the molecule is C=CCCCCCOc1ccc(CCN)cc1Br. The van der Waals surface area contributed by atoms with Crippen LogP contribution in [0.4, 0.5) is 0 Å². The number of unbranched alkanes of at least 4 members (excludes halogenated alkanes) is 3. The van der Waals surface area contributed by atoms with Crippen molar-refractivity contribution in [1.29, 1.82) is 0 Å². The van der Waals surface area contributed by atoms with Gasteiger partial charge >= 0.3 is 0 Å². The second-order valence-corrected chi connectivity index (χ2v) is 5.14. The summed E-state index contributed by atoms with van der Waals surface area (Å²) in [6, 6.07) is 6.17. The van der Waals surface area contributed by atoms with Crippen LogP contribution in [0.5, 0.6) is 5.75 Å². The van der Waals surface area contributed by atoms with E-state index >= 15 is 0 Å². The molecule has 0 radical (unpaired) electrons. The van der Waals surface area contributed by atoms with Crippen LogP contribution in [0.25, 0.3) is 0 Å². The Bertz CT molecular complexity index is 366. The van der Waals surface area contributed by atoms with Gasteiger partial charge in [-0.05, 0) is 72.3 Å². The van der Waals surface area contributed by atoms with E-state index in [0.717, 1.165) is 36.1 Å². The first-order valence-electron chi connectivity index (χ1n) is 6.50. The van der Waals surface area contributed by atoms with E-state index in [-0.39, 0.29) is 0 Å². The van der Waals surface area contributed by atoms with Gasteiger partial charge in [-0.2, -0.15) is 0 Å². The van der Waals surface area contributed by atoms with Crippen molar-refractivity contribution in [3.8, 4) is 5.75 Å². The van der Waals surface area contributed by atoms with Crippen molar-refractivity contribution in [1.82, 2.24) is 0 Å². The second-order valence-electron chi connectivity index (χ2n) is 4.29. The summed E-state index contributed by atoms with van der Waals surface area (Å²) in [5, 5.41) is 0. The summed E-state index contributed by atoms with van der Waals surface area (Å²) in [7, 11) is 0. The summed E-state index contributed by atoms with van der Waals surface area (Å²) in [4.78, 5) is 0. The van der Waals surface area contributed by atoms with E-state index in [0.29, 0.717) is 6.54 Å². The molecule has 0 aliphatic heterocycles. The minimum absolute atomic E-state index is 0.677. The highest BCUT2D eigenvalue weighted by Crippen LogP contribution is 2.26. The standard InChI is InChI=1S/C15H22BrNO/c1-2-3-4-5-6-11-18-15-8-7-13(9-10-17)12-14(15)16/h2,7-8,12H,1,3-6,9-11,17H2. The van der Waals surface area contributed by atoms with E-state index in [1.54, 1.807) is 0 Å². The minimum Gasteiger partial charge on any atom is -0.492 e. The number of hydrogen-bond acceptors (Lipinski definition) is 2. The molecule has 3 heteroatoms. The van der Waals surface area contributed by atoms with Crippen LogP contribution in [0.15, 0.2) is 35.3 Å². The Morgan fingerprint density at radius 3 is 2.78 bits per heavy atom. The number of benzene rings is 1. The average molecular weight is 312 g/mol. The van der Waals surface area contributed by atoms with Gasteiger partial charge in [0.25, 0.3) is 0 Å². The van der Waals surface area contributed by atoms with Crippen molar-refractivity contribution < 1.29 is 4.74 Å². The molecule has 0 unspecified atom stereocenters. The lowest BCUT2D eigenvalue weighted by molar-refractivity contribution is 0.303. The Kier molecular flexibility index (Phi) is 7.78. The predicted molar refractivity (Wildman–Crippen MR) is 81.1 cm³/mol. The Labute approximate surface area is 118 Å². The molecule has 0 amide bonds. The van der Waals surface area contributed by atoms with Crippen LogP contribution in [0.1, 0.15) is 31.2 Å². The van der Waals surface area contributed by atoms with Crippen LogP contribution in [-0.4, -0.2) is 13.2 Å². The molecule has 0 spiro atoms. The van der Waals surface area contributed by atoms with Crippen LogP contribution < -0.4 is 10.5 Å². The number of ether oxygens (including phenoxy) is 1. The first-order valence-corrected chi connectivity index (χ1v) is 7.29. The maximum absolute atomic E-state index is 5.75. The molecule has 0 aliphatic rings. The van der Waals surface area contributed by atoms with E-state index in [1.807, 2.05) is 12.1 Å². The maximum atomic E-state index is 5.75. The molecule has 0 aromatic heterocycles. The van der Waals surface area contributed by atoms with Crippen molar-refractivity contribution >= 4 is 15.9 Å². The summed E-state index contributed by atoms with van der Waals surface area (Å²) >= 11 is 3.53. The summed E-state index contributed by atoms with van der Waals surface area (Å²) in [5.74, 6) is 0.916. The van der Waals surface area contributed by atoms with Crippen molar-refractivity contribution in [2.45, 2.75) is 32.1 Å². The van der Waals surface area contributed by atoms with E-state index in [1.165, 1.54) is 18.4 Å². The van der Waals surface area contributed by atoms with Gasteiger partial charge in [-0.1, -0.05) is 12.1 Å². The second kappa shape index (κ2) is 9.17. The summed E-state index contributed by atoms with van der Waals surface area (Å²) in [6.07, 6.45) is 7.44. The summed E-state index contributed by atoms with van der Waals surface area (Å²) in [5.41, 5.74) is 6.77. The third-order valence-corrected chi connectivity index (χ3v) is 3.36. The summed E-state index contributed by atoms with van der Waals surface area (Å²) < 4.78 is 6.76. The fourth-order valence-corrected chi connectivity index (χ4v) is 2.27. The van der Waals surface area contributed by atoms with E-state index in [4.69, 9.17) is 10.5 Å². The Morgan fingerprint density at radius 2 is 2.11 bits per heavy atom. The van der Waals surface area contributed by atoms with Gasteiger partial charge in [-0.3, -0.25) is 0 Å². The van der Waals surface area contributed by atoms with Crippen LogP contribution in [0.2, 0.25) is 0 Å². The molecule has 2 N–H and O–H groups in total. The van der Waals surface area contributed by atoms with E-state index in [2.05, 4.69) is 34.6 Å². The minimum atomic E-state index is 0.677. The van der Waals surface area contributed by atoms with E-state index in [9.17, 15) is 0 Å². The number of nitrogens with two attached hydrogens (primary N) is 1. The molecule has 0 heterocycles. The number of rotatable bonds is 9. The maximum Gasteiger partial charge on any atom is 0.133 e. The molecule has 0 saturated carbocycles. The lowest BCUT2D eigenvalue weighted by atomic mass is 10.1. The molecule has 0 bridgehead atoms. The number of halogens is 1. The van der Waals surface area contributed by atoms with Crippen LogP contribution >= 0.6 is 15.9 Å². The fraction of sp³-hybridized carbons (Fsp3) is 0.467. The smallest absolute Gasteiger partial charge is 0.133 e. The lowest BCUT2D eigenvalue weighted by Crippen LogP contribution is -2.03. The first-order chi connectivity index (χ1) is 8.77. The zero-order valence-corrected chi connectivity index (χ0v) is 12.4. The fourth-order valence-electron chi connectivity index (χ4n) is 1.73. The number of allylic oxidation sites excluding steroid dienone is 1. The topological polar surface area (TPSA) is 35.2 Å². The summed E-state index contributed by atoms with van der Waals surface area (Å²) in [6.45, 7) is 5.16. The molecule has 0 fully saturated rings. The van der Waals surface area contributed by atoms with Crippen molar-refractivity contribution in [3.63, 3.8) is 0 Å². The molecule has 1 aromatic carbocycles. The van der Waals surface area contributed by atoms with Crippen molar-refractivity contribution in [2.75, 3.05) is 13.2 Å². The first kappa shape index (κ1) is 15.3. The lowest BCUT2D eigenvalue weighted by Gasteiger charge is -2.09. The third kappa shape index (κ3) is 5.69. The highest BCUT2D eigenvalue weighted by atomic mass is 79.9. The van der Waals surface area contributed by atoms with Gasteiger partial charge < -0.3 is 10.5 Å². The normalized spacial score (nSPS) is 10.3. The zero-order chi connectivity index (χ0) is 13.2. The van der Waals surface area contributed by atoms with E-state index < -0.39 is 0 Å². The van der Waals surface area contributed by atoms with Gasteiger partial charge in [-0.25, -0.2) is 0 Å². The molecule has 0 atom stereocenters. The highest BCUT2D eigenvalue weighted by molar-refractivity contribution is 9.10. The average Bonchev–Trinajstić information content (AvgIpc) is 2.36. The molecule has 100 valence electrons. The van der Waals surface area contributed by atoms with Gasteiger partial charge in [0.1, 0.15) is 5.75 Å². The van der Waals surface area contributed by atoms with Gasteiger partial charge in [0.15, 0.2) is 0 Å². The molecule has 0 saturated heterocycles. The molecule has 1 aromatic rings. The molecule has 1 rings (SSSR count). The predicted octanol–water partition coefficient (Wildman–Crippen LogP) is 4.08. The van der Waals surface area contributed by atoms with Crippen molar-refractivity contribution in [3.05, 3.63) is 40.9 Å². The molecule has 18 heavy (non-hydrogen) atoms. The molecule has 0 aliphatic carbocycles. The van der Waals surface area contributed by atoms with Crippen LogP contribution in [0.3, 0.4) is 0 Å². The van der Waals surface area contributed by atoms with Gasteiger partial charge in [-0.15, -0.1) is 6.58 Å². The highest BCUT2D eigenvalue weighted by Gasteiger charge is 2.02. The van der Waals surface area contributed by atoms with Gasteiger partial charge in [0, 0.05) is 0 Å². The quantitative estimate of drug-likeness (QED) is 0.551. The van der Waals surface area contributed by atoms with Crippen LogP contribution in [0, 0.1) is 0 Å². The molecular formula is C15H22BrNO. The Balaban J connectivity index is 2.31. The Morgan fingerprint density at radius 1 is 1.28 bits per heavy atom. The Hall–Kier alpha value is -0.800. The van der Waals surface area contributed by atoms with Gasteiger partial charge in [0.2, 0.25) is 0 Å². The van der Waals surface area contributed by atoms with Crippen LogP contribution in [-0.2, 0) is 6.42 Å². The zero-order valence-electron chi connectivity index (χ0n) is 10.8.